The zero-order chi connectivity index (χ0) is 17.0. The molecule has 0 bridgehead atoms. The Morgan fingerprint density at radius 1 is 1.09 bits per heavy atom. The van der Waals surface area contributed by atoms with Crippen molar-refractivity contribution < 1.29 is 19.0 Å². The highest BCUT2D eigenvalue weighted by molar-refractivity contribution is 5.96. The minimum Gasteiger partial charge on any atom is -0.365 e. The Labute approximate surface area is 133 Å². The molecule has 0 aliphatic carbocycles. The average Bonchev–Trinajstić information content (AvgIpc) is 2.54. The lowest BCUT2D eigenvalue weighted by atomic mass is 10.1. The van der Waals surface area contributed by atoms with Crippen LogP contribution in [-0.4, -0.2) is 17.6 Å². The first-order chi connectivity index (χ1) is 10.9. The van der Waals surface area contributed by atoms with Crippen LogP contribution in [0.2, 0.25) is 0 Å². The molecule has 0 radical (unpaired) electrons. The molecule has 3 N–H and O–H groups in total. The van der Waals surface area contributed by atoms with Crippen molar-refractivity contribution in [2.45, 2.75) is 19.9 Å². The summed E-state index contributed by atoms with van der Waals surface area (Å²) in [6.45, 7) is 3.20. The van der Waals surface area contributed by atoms with Crippen molar-refractivity contribution in [3.8, 4) is 0 Å². The molecule has 2 rings (SSSR count). The molecule has 1 aromatic carbocycles. The second-order valence-corrected chi connectivity index (χ2v) is 5.20. The maximum absolute atomic E-state index is 12.3. The summed E-state index contributed by atoms with van der Waals surface area (Å²) in [6.07, 6.45) is 3.22. The van der Waals surface area contributed by atoms with Gasteiger partial charge in [-0.05, 0) is 37.3 Å². The quantitative estimate of drug-likeness (QED) is 0.647. The molecule has 0 spiro atoms. The molecule has 2 amide bonds. The largest absolute Gasteiger partial charge is 0.365 e. The molecule has 1 heterocycles. The van der Waals surface area contributed by atoms with Crippen LogP contribution in [0.4, 0.5) is 5.69 Å². The minimum absolute atomic E-state index is 0.0323. The van der Waals surface area contributed by atoms with Gasteiger partial charge in [0.05, 0.1) is 0 Å². The zero-order valence-corrected chi connectivity index (χ0v) is 12.9. The number of benzene rings is 1. The fraction of sp³-hybridized carbons (Fsp3) is 0.176. The van der Waals surface area contributed by atoms with E-state index in [1.165, 1.54) is 13.1 Å². The molecular formula is C17H18N3O3+. The molecule has 2 aromatic rings. The fourth-order valence-electron chi connectivity index (χ4n) is 2.05. The van der Waals surface area contributed by atoms with Gasteiger partial charge in [-0.15, -0.1) is 0 Å². The van der Waals surface area contributed by atoms with Gasteiger partial charge in [0, 0.05) is 24.2 Å². The van der Waals surface area contributed by atoms with Crippen LogP contribution in [0.25, 0.3) is 0 Å². The number of Topliss-reactive ketones (excluding diaryl/α,β-unsaturated/α-hetero) is 1. The third-order valence-electron chi connectivity index (χ3n) is 3.49. The maximum atomic E-state index is 12.3. The monoisotopic (exact) mass is 312 g/mol. The Kier molecular flexibility index (Phi) is 4.85. The molecule has 23 heavy (non-hydrogen) atoms. The molecule has 6 heteroatoms. The number of ketones is 1. The molecular weight excluding hydrogens is 294 g/mol. The van der Waals surface area contributed by atoms with E-state index in [4.69, 9.17) is 5.73 Å². The predicted molar refractivity (Wildman–Crippen MR) is 84.9 cm³/mol. The van der Waals surface area contributed by atoms with E-state index >= 15 is 0 Å². The van der Waals surface area contributed by atoms with E-state index in [-0.39, 0.29) is 11.7 Å². The summed E-state index contributed by atoms with van der Waals surface area (Å²) in [4.78, 5) is 34.7. The van der Waals surface area contributed by atoms with Gasteiger partial charge in [0.15, 0.2) is 18.2 Å². The molecule has 0 aliphatic rings. The lowest BCUT2D eigenvalue weighted by Gasteiger charge is -2.09. The number of carbonyl (C=O) groups is 3. The van der Waals surface area contributed by atoms with Gasteiger partial charge in [-0.1, -0.05) is 0 Å². The van der Waals surface area contributed by atoms with Crippen LogP contribution >= 0.6 is 0 Å². The Bertz CT molecular complexity index is 754. The molecule has 0 saturated carbocycles. The first-order valence-electron chi connectivity index (χ1n) is 7.11. The number of nitrogens with one attached hydrogen (secondary N) is 1. The zero-order valence-electron chi connectivity index (χ0n) is 12.9. The highest BCUT2D eigenvalue weighted by Crippen LogP contribution is 2.11. The highest BCUT2D eigenvalue weighted by Gasteiger charge is 2.23. The summed E-state index contributed by atoms with van der Waals surface area (Å²) < 4.78 is 1.61. The first kappa shape index (κ1) is 16.4. The van der Waals surface area contributed by atoms with Gasteiger partial charge in [0.1, 0.15) is 5.56 Å². The van der Waals surface area contributed by atoms with E-state index in [2.05, 4.69) is 5.32 Å². The molecule has 118 valence electrons. The van der Waals surface area contributed by atoms with Gasteiger partial charge in [0.25, 0.3) is 11.8 Å². The summed E-state index contributed by atoms with van der Waals surface area (Å²) in [5, 5.41) is 2.77. The van der Waals surface area contributed by atoms with E-state index in [1.54, 1.807) is 54.1 Å². The van der Waals surface area contributed by atoms with Crippen molar-refractivity contribution >= 4 is 23.3 Å². The molecule has 1 aromatic heterocycles. The number of pyridine rings is 1. The average molecular weight is 312 g/mol. The third-order valence-corrected chi connectivity index (χ3v) is 3.49. The Hall–Kier alpha value is -3.02. The topological polar surface area (TPSA) is 93.1 Å². The lowest BCUT2D eigenvalue weighted by Crippen LogP contribution is -2.44. The van der Waals surface area contributed by atoms with Crippen molar-refractivity contribution in [2.24, 2.45) is 5.73 Å². The first-order valence-corrected chi connectivity index (χ1v) is 7.11. The van der Waals surface area contributed by atoms with Crippen molar-refractivity contribution in [3.05, 3.63) is 59.9 Å². The molecule has 0 saturated heterocycles. The fourth-order valence-corrected chi connectivity index (χ4v) is 2.05. The summed E-state index contributed by atoms with van der Waals surface area (Å²) in [5.41, 5.74) is 6.75. The van der Waals surface area contributed by atoms with Crippen LogP contribution in [0.5, 0.6) is 0 Å². The SMILES string of the molecule is CC(=O)c1ccc(NC(=O)[C@@H](C)[n+]2cccc(C(N)=O)c2)cc1. The summed E-state index contributed by atoms with van der Waals surface area (Å²) in [5.74, 6) is -0.825. The normalized spacial score (nSPS) is 11.6. The van der Waals surface area contributed by atoms with Crippen molar-refractivity contribution in [1.29, 1.82) is 0 Å². The van der Waals surface area contributed by atoms with Crippen LogP contribution in [0, 0.1) is 0 Å². The molecule has 1 atom stereocenters. The number of aromatic nitrogens is 1. The second-order valence-electron chi connectivity index (χ2n) is 5.20. The minimum atomic E-state index is -0.549. The maximum Gasteiger partial charge on any atom is 0.293 e. The summed E-state index contributed by atoms with van der Waals surface area (Å²) in [6, 6.07) is 9.38. The number of primary amides is 1. The second kappa shape index (κ2) is 6.83. The van der Waals surface area contributed by atoms with Crippen LogP contribution in [0.1, 0.15) is 40.6 Å². The number of nitrogens with zero attached hydrogens (tertiary/aromatic N) is 1. The number of anilines is 1. The molecule has 0 fully saturated rings. The van der Waals surface area contributed by atoms with Gasteiger partial charge in [-0.25, -0.2) is 0 Å². The third kappa shape index (κ3) is 4.00. The van der Waals surface area contributed by atoms with Gasteiger partial charge in [-0.2, -0.15) is 4.57 Å². The van der Waals surface area contributed by atoms with Crippen molar-refractivity contribution in [3.63, 3.8) is 0 Å². The van der Waals surface area contributed by atoms with Crippen LogP contribution in [0.3, 0.4) is 0 Å². The van der Waals surface area contributed by atoms with E-state index in [0.29, 0.717) is 16.8 Å². The van der Waals surface area contributed by atoms with Crippen LogP contribution in [-0.2, 0) is 4.79 Å². The Balaban J connectivity index is 2.12. The van der Waals surface area contributed by atoms with E-state index in [9.17, 15) is 14.4 Å². The van der Waals surface area contributed by atoms with Crippen molar-refractivity contribution in [1.82, 2.24) is 0 Å². The summed E-state index contributed by atoms with van der Waals surface area (Å²) >= 11 is 0. The predicted octanol–water partition coefficient (Wildman–Crippen LogP) is 1.48. The smallest absolute Gasteiger partial charge is 0.293 e. The lowest BCUT2D eigenvalue weighted by molar-refractivity contribution is -0.705. The molecule has 0 aliphatic heterocycles. The molecule has 0 unspecified atom stereocenters. The van der Waals surface area contributed by atoms with E-state index in [1.807, 2.05) is 0 Å². The standard InChI is InChI=1S/C17H17N3O3/c1-11(20-9-3-4-14(10-20)16(18)22)17(23)19-15-7-5-13(6-8-15)12(2)21/h3-11H,1-2H3,(H2-,18,19,21,22,23)/p+1/t11-/m1/s1. The Morgan fingerprint density at radius 2 is 1.74 bits per heavy atom. The van der Waals surface area contributed by atoms with Crippen molar-refractivity contribution in [2.75, 3.05) is 5.32 Å². The van der Waals surface area contributed by atoms with Crippen LogP contribution < -0.4 is 15.6 Å². The number of hydrogen-bond acceptors (Lipinski definition) is 3. The number of hydrogen-bond donors (Lipinski definition) is 2. The highest BCUT2D eigenvalue weighted by atomic mass is 16.2. The van der Waals surface area contributed by atoms with E-state index in [0.717, 1.165) is 0 Å². The number of rotatable bonds is 5. The summed E-state index contributed by atoms with van der Waals surface area (Å²) in [7, 11) is 0. The number of nitrogens with two attached hydrogens (primary N) is 1. The molecule has 6 nitrogen and oxygen atoms in total. The van der Waals surface area contributed by atoms with Gasteiger partial charge >= 0.3 is 0 Å². The van der Waals surface area contributed by atoms with Gasteiger partial charge < -0.3 is 11.1 Å². The van der Waals surface area contributed by atoms with Crippen LogP contribution in [0.15, 0.2) is 48.8 Å². The van der Waals surface area contributed by atoms with Gasteiger partial charge in [0.2, 0.25) is 6.04 Å². The number of carbonyl (C=O) groups excluding carboxylic acids is 3. The number of amides is 2. The van der Waals surface area contributed by atoms with Gasteiger partial charge in [-0.3, -0.25) is 14.4 Å². The van der Waals surface area contributed by atoms with E-state index < -0.39 is 11.9 Å². The Morgan fingerprint density at radius 3 is 2.30 bits per heavy atom.